The molecule has 1 aromatic heterocycles. The zero-order valence-corrected chi connectivity index (χ0v) is 11.5. The summed E-state index contributed by atoms with van der Waals surface area (Å²) < 4.78 is 0. The summed E-state index contributed by atoms with van der Waals surface area (Å²) in [6, 6.07) is 2.60. The Labute approximate surface area is 115 Å². The summed E-state index contributed by atoms with van der Waals surface area (Å²) in [5.74, 6) is 0.876. The van der Waals surface area contributed by atoms with Gasteiger partial charge in [0, 0.05) is 51.2 Å². The fourth-order valence-corrected chi connectivity index (χ4v) is 3.05. The van der Waals surface area contributed by atoms with Crippen LogP contribution in [0, 0.1) is 0 Å². The summed E-state index contributed by atoms with van der Waals surface area (Å²) in [7, 11) is 0. The number of hydrogen-bond acceptors (Lipinski definition) is 5. The van der Waals surface area contributed by atoms with Gasteiger partial charge >= 0.3 is 0 Å². The third-order valence-electron chi connectivity index (χ3n) is 4.19. The maximum absolute atomic E-state index is 4.34. The Bertz CT molecular complexity index is 367. The van der Waals surface area contributed by atoms with E-state index in [1.54, 1.807) is 0 Å². The van der Waals surface area contributed by atoms with Gasteiger partial charge in [-0.05, 0) is 25.5 Å². The topological polar surface area (TPSA) is 44.3 Å². The fraction of sp³-hybridized carbons (Fsp3) is 0.714. The second-order valence-electron chi connectivity index (χ2n) is 5.43. The van der Waals surface area contributed by atoms with Crippen molar-refractivity contribution in [3.05, 3.63) is 18.5 Å². The minimum absolute atomic E-state index is 0.723. The van der Waals surface area contributed by atoms with E-state index >= 15 is 0 Å². The van der Waals surface area contributed by atoms with Crippen molar-refractivity contribution >= 4 is 5.95 Å². The smallest absolute Gasteiger partial charge is 0.225 e. The van der Waals surface area contributed by atoms with E-state index in [-0.39, 0.29) is 0 Å². The molecule has 2 saturated heterocycles. The van der Waals surface area contributed by atoms with Crippen molar-refractivity contribution in [2.24, 2.45) is 0 Å². The Kier molecular flexibility index (Phi) is 4.25. The molecule has 0 spiro atoms. The van der Waals surface area contributed by atoms with Crippen LogP contribution in [0.3, 0.4) is 0 Å². The van der Waals surface area contributed by atoms with Gasteiger partial charge in [-0.15, -0.1) is 0 Å². The highest BCUT2D eigenvalue weighted by molar-refractivity contribution is 5.29. The van der Waals surface area contributed by atoms with E-state index < -0.39 is 0 Å². The molecule has 0 aromatic carbocycles. The molecule has 3 rings (SSSR count). The van der Waals surface area contributed by atoms with Gasteiger partial charge in [0.05, 0.1) is 0 Å². The molecular weight excluding hydrogens is 238 g/mol. The Morgan fingerprint density at radius 3 is 2.63 bits per heavy atom. The summed E-state index contributed by atoms with van der Waals surface area (Å²) >= 11 is 0. The van der Waals surface area contributed by atoms with Crippen molar-refractivity contribution < 1.29 is 0 Å². The molecule has 2 fully saturated rings. The van der Waals surface area contributed by atoms with Gasteiger partial charge in [0.15, 0.2) is 0 Å². The Hall–Kier alpha value is -1.20. The van der Waals surface area contributed by atoms with Crippen LogP contribution in [-0.2, 0) is 0 Å². The van der Waals surface area contributed by atoms with Gasteiger partial charge in [-0.25, -0.2) is 9.97 Å². The quantitative estimate of drug-likeness (QED) is 0.851. The van der Waals surface area contributed by atoms with Crippen LogP contribution in [0.25, 0.3) is 0 Å². The number of anilines is 1. The molecule has 1 unspecified atom stereocenters. The van der Waals surface area contributed by atoms with Crippen LogP contribution in [0.15, 0.2) is 18.5 Å². The predicted octanol–water partition coefficient (Wildman–Crippen LogP) is 0.741. The molecule has 0 radical (unpaired) electrons. The maximum Gasteiger partial charge on any atom is 0.225 e. The lowest BCUT2D eigenvalue weighted by molar-refractivity contribution is 0.176. The van der Waals surface area contributed by atoms with E-state index in [0.29, 0.717) is 0 Å². The second-order valence-corrected chi connectivity index (χ2v) is 5.43. The monoisotopic (exact) mass is 261 g/mol. The lowest BCUT2D eigenvalue weighted by atomic mass is 10.1. The molecule has 19 heavy (non-hydrogen) atoms. The van der Waals surface area contributed by atoms with Crippen LogP contribution < -0.4 is 10.2 Å². The first-order valence-electron chi connectivity index (χ1n) is 7.40. The van der Waals surface area contributed by atoms with Gasteiger partial charge in [-0.1, -0.05) is 6.42 Å². The number of nitrogens with zero attached hydrogens (tertiary/aromatic N) is 4. The molecule has 0 saturated carbocycles. The molecule has 0 aliphatic carbocycles. The minimum atomic E-state index is 0.723. The first-order valence-corrected chi connectivity index (χ1v) is 7.40. The van der Waals surface area contributed by atoms with Gasteiger partial charge < -0.3 is 10.2 Å². The van der Waals surface area contributed by atoms with E-state index in [1.807, 2.05) is 18.5 Å². The zero-order chi connectivity index (χ0) is 12.9. The fourth-order valence-electron chi connectivity index (χ4n) is 3.05. The number of hydrogen-bond donors (Lipinski definition) is 1. The van der Waals surface area contributed by atoms with Crippen molar-refractivity contribution in [2.45, 2.75) is 25.3 Å². The van der Waals surface area contributed by atoms with Crippen LogP contribution in [-0.4, -0.2) is 60.2 Å². The average Bonchev–Trinajstić information content (AvgIpc) is 2.77. The average molecular weight is 261 g/mol. The predicted molar refractivity (Wildman–Crippen MR) is 76.3 cm³/mol. The molecule has 0 amide bonds. The van der Waals surface area contributed by atoms with E-state index in [9.17, 15) is 0 Å². The van der Waals surface area contributed by atoms with Gasteiger partial charge in [-0.3, -0.25) is 4.90 Å². The molecule has 104 valence electrons. The molecule has 0 bridgehead atoms. The third-order valence-corrected chi connectivity index (χ3v) is 4.19. The summed E-state index contributed by atoms with van der Waals surface area (Å²) in [5.41, 5.74) is 0. The van der Waals surface area contributed by atoms with Crippen molar-refractivity contribution in [3.8, 4) is 0 Å². The number of piperazine rings is 1. The Balaban J connectivity index is 1.54. The van der Waals surface area contributed by atoms with Crippen molar-refractivity contribution in [2.75, 3.05) is 44.2 Å². The lowest BCUT2D eigenvalue weighted by Crippen LogP contribution is -2.52. The molecular formula is C14H23N5. The van der Waals surface area contributed by atoms with Gasteiger partial charge in [-0.2, -0.15) is 0 Å². The van der Waals surface area contributed by atoms with Crippen molar-refractivity contribution in [1.29, 1.82) is 0 Å². The molecule has 5 nitrogen and oxygen atoms in total. The van der Waals surface area contributed by atoms with Crippen molar-refractivity contribution in [1.82, 2.24) is 20.2 Å². The molecule has 2 aliphatic rings. The number of aromatic nitrogens is 2. The van der Waals surface area contributed by atoms with Crippen LogP contribution in [0.4, 0.5) is 5.95 Å². The first-order chi connectivity index (χ1) is 9.43. The molecule has 1 aromatic rings. The molecule has 1 atom stereocenters. The standard InChI is InChI=1S/C14H23N5/c1-2-5-15-12-13(4-1)18-8-10-19(11-9-18)14-16-6-3-7-17-14/h3,6-7,13,15H,1-2,4-5,8-12H2. The summed E-state index contributed by atoms with van der Waals surface area (Å²) in [4.78, 5) is 13.6. The van der Waals surface area contributed by atoms with Crippen LogP contribution in [0.1, 0.15) is 19.3 Å². The summed E-state index contributed by atoms with van der Waals surface area (Å²) in [6.45, 7) is 6.69. The number of rotatable bonds is 2. The third kappa shape index (κ3) is 3.22. The normalized spacial score (nSPS) is 26.1. The number of nitrogens with one attached hydrogen (secondary N) is 1. The summed E-state index contributed by atoms with van der Waals surface area (Å²) in [6.07, 6.45) is 7.68. The summed E-state index contributed by atoms with van der Waals surface area (Å²) in [5, 5.41) is 3.56. The first kappa shape index (κ1) is 12.8. The molecule has 3 heterocycles. The van der Waals surface area contributed by atoms with Crippen LogP contribution in [0.2, 0.25) is 0 Å². The second kappa shape index (κ2) is 6.30. The SMILES string of the molecule is c1cnc(N2CCN(C3CCCCNC3)CC2)nc1. The van der Waals surface area contributed by atoms with Crippen LogP contribution in [0.5, 0.6) is 0 Å². The Morgan fingerprint density at radius 2 is 1.84 bits per heavy atom. The largest absolute Gasteiger partial charge is 0.338 e. The van der Waals surface area contributed by atoms with Crippen LogP contribution >= 0.6 is 0 Å². The maximum atomic E-state index is 4.34. The molecule has 2 aliphatic heterocycles. The highest BCUT2D eigenvalue weighted by Gasteiger charge is 2.25. The molecule has 1 N–H and O–H groups in total. The van der Waals surface area contributed by atoms with Crippen molar-refractivity contribution in [3.63, 3.8) is 0 Å². The van der Waals surface area contributed by atoms with Gasteiger partial charge in [0.25, 0.3) is 0 Å². The highest BCUT2D eigenvalue weighted by atomic mass is 15.3. The highest BCUT2D eigenvalue weighted by Crippen LogP contribution is 2.16. The Morgan fingerprint density at radius 1 is 1.05 bits per heavy atom. The van der Waals surface area contributed by atoms with E-state index in [2.05, 4.69) is 25.1 Å². The van der Waals surface area contributed by atoms with Gasteiger partial charge in [0.1, 0.15) is 0 Å². The van der Waals surface area contributed by atoms with E-state index in [0.717, 1.165) is 44.7 Å². The zero-order valence-electron chi connectivity index (χ0n) is 11.5. The molecule has 5 heteroatoms. The van der Waals surface area contributed by atoms with E-state index in [1.165, 1.54) is 25.8 Å². The minimum Gasteiger partial charge on any atom is -0.338 e. The van der Waals surface area contributed by atoms with E-state index in [4.69, 9.17) is 0 Å². The van der Waals surface area contributed by atoms with Gasteiger partial charge in [0.2, 0.25) is 5.95 Å². The lowest BCUT2D eigenvalue weighted by Gasteiger charge is -2.39.